The van der Waals surface area contributed by atoms with Crippen LogP contribution in [0, 0.1) is 0 Å². The van der Waals surface area contributed by atoms with Crippen LogP contribution in [-0.4, -0.2) is 12.1 Å². The molecule has 0 radical (unpaired) electrons. The molecule has 2 aromatic rings. The Morgan fingerprint density at radius 1 is 0.958 bits per heavy atom. The largest absolute Gasteiger partial charge is 0.324 e. The lowest BCUT2D eigenvalue weighted by molar-refractivity contribution is 0.733. The minimum Gasteiger partial charge on any atom is -0.324 e. The van der Waals surface area contributed by atoms with Gasteiger partial charge in [0.2, 0.25) is 0 Å². The smallest absolute Gasteiger partial charge is 0.0301 e. The van der Waals surface area contributed by atoms with Crippen LogP contribution in [0.5, 0.6) is 0 Å². The second-order valence-electron chi connectivity index (χ2n) is 6.06. The molecule has 0 aliphatic carbocycles. The van der Waals surface area contributed by atoms with E-state index in [1.807, 2.05) is 36.4 Å². The highest BCUT2D eigenvalue weighted by molar-refractivity contribution is 5.70. The fourth-order valence-corrected chi connectivity index (χ4v) is 2.63. The SMILES string of the molecule is CCC(N)C=C(c1ccccc1)C(N)CCC=Cc1ccccc1. The average Bonchev–Trinajstić information content (AvgIpc) is 2.64. The van der Waals surface area contributed by atoms with Gasteiger partial charge in [-0.3, -0.25) is 0 Å². The fraction of sp³-hybridized carbons (Fsp3) is 0.273. The van der Waals surface area contributed by atoms with Crippen molar-refractivity contribution in [3.63, 3.8) is 0 Å². The Balaban J connectivity index is 2.01. The van der Waals surface area contributed by atoms with Crippen LogP contribution in [0.15, 0.2) is 72.8 Å². The van der Waals surface area contributed by atoms with E-state index in [4.69, 9.17) is 11.5 Å². The standard InChI is InChI=1S/C22H28N2/c1-2-20(23)17-21(19-14-7-4-8-15-19)22(24)16-10-9-13-18-11-5-3-6-12-18/h3-9,11-15,17,20,22H,2,10,16,23-24H2,1H3. The maximum Gasteiger partial charge on any atom is 0.0301 e. The van der Waals surface area contributed by atoms with E-state index in [9.17, 15) is 0 Å². The van der Waals surface area contributed by atoms with Crippen molar-refractivity contribution in [1.82, 2.24) is 0 Å². The molecule has 0 saturated heterocycles. The summed E-state index contributed by atoms with van der Waals surface area (Å²) in [7, 11) is 0. The molecule has 2 rings (SSSR count). The van der Waals surface area contributed by atoms with Crippen LogP contribution in [0.4, 0.5) is 0 Å². The Hall–Kier alpha value is -2.16. The average molecular weight is 320 g/mol. The predicted molar refractivity (Wildman–Crippen MR) is 105 cm³/mol. The first-order valence-electron chi connectivity index (χ1n) is 8.70. The summed E-state index contributed by atoms with van der Waals surface area (Å²) < 4.78 is 0. The van der Waals surface area contributed by atoms with Crippen molar-refractivity contribution < 1.29 is 0 Å². The number of benzene rings is 2. The number of hydrogen-bond donors (Lipinski definition) is 2. The molecule has 0 amide bonds. The van der Waals surface area contributed by atoms with Crippen molar-refractivity contribution >= 4 is 11.6 Å². The van der Waals surface area contributed by atoms with Gasteiger partial charge in [0.15, 0.2) is 0 Å². The molecule has 0 aliphatic heterocycles. The highest BCUT2D eigenvalue weighted by Crippen LogP contribution is 2.21. The minimum absolute atomic E-state index is 0.00887. The van der Waals surface area contributed by atoms with E-state index in [0.29, 0.717) is 0 Å². The molecule has 126 valence electrons. The van der Waals surface area contributed by atoms with Crippen LogP contribution in [0.3, 0.4) is 0 Å². The molecule has 2 nitrogen and oxygen atoms in total. The molecule has 0 spiro atoms. The summed E-state index contributed by atoms with van der Waals surface area (Å²) >= 11 is 0. The van der Waals surface area contributed by atoms with E-state index in [1.54, 1.807) is 0 Å². The molecule has 2 aromatic carbocycles. The molecular formula is C22H28N2. The molecule has 24 heavy (non-hydrogen) atoms. The number of allylic oxidation sites excluding steroid dienone is 1. The Labute approximate surface area is 145 Å². The molecule has 0 aromatic heterocycles. The zero-order valence-electron chi connectivity index (χ0n) is 14.4. The molecule has 0 heterocycles. The zero-order valence-corrected chi connectivity index (χ0v) is 14.4. The molecule has 0 bridgehead atoms. The molecular weight excluding hydrogens is 292 g/mol. The van der Waals surface area contributed by atoms with E-state index < -0.39 is 0 Å². The molecule has 0 saturated carbocycles. The Morgan fingerprint density at radius 3 is 2.21 bits per heavy atom. The predicted octanol–water partition coefficient (Wildman–Crippen LogP) is 4.63. The monoisotopic (exact) mass is 320 g/mol. The van der Waals surface area contributed by atoms with Gasteiger partial charge in [-0.1, -0.05) is 85.8 Å². The van der Waals surface area contributed by atoms with Crippen molar-refractivity contribution in [2.45, 2.75) is 38.3 Å². The number of hydrogen-bond acceptors (Lipinski definition) is 2. The van der Waals surface area contributed by atoms with Gasteiger partial charge in [0.1, 0.15) is 0 Å². The van der Waals surface area contributed by atoms with E-state index in [-0.39, 0.29) is 12.1 Å². The summed E-state index contributed by atoms with van der Waals surface area (Å²) in [5.41, 5.74) is 16.1. The van der Waals surface area contributed by atoms with Gasteiger partial charge in [0.05, 0.1) is 0 Å². The second-order valence-corrected chi connectivity index (χ2v) is 6.06. The highest BCUT2D eigenvalue weighted by Gasteiger charge is 2.12. The normalized spacial score (nSPS) is 14.7. The van der Waals surface area contributed by atoms with Gasteiger partial charge in [-0.2, -0.15) is 0 Å². The van der Waals surface area contributed by atoms with Crippen LogP contribution in [0.1, 0.15) is 37.3 Å². The molecule has 2 atom stereocenters. The van der Waals surface area contributed by atoms with Gasteiger partial charge in [0, 0.05) is 12.1 Å². The first-order chi connectivity index (χ1) is 11.7. The maximum atomic E-state index is 6.47. The van der Waals surface area contributed by atoms with Crippen LogP contribution in [0.2, 0.25) is 0 Å². The van der Waals surface area contributed by atoms with Gasteiger partial charge < -0.3 is 11.5 Å². The summed E-state index contributed by atoms with van der Waals surface area (Å²) in [6.07, 6.45) is 9.23. The Morgan fingerprint density at radius 2 is 1.58 bits per heavy atom. The van der Waals surface area contributed by atoms with Gasteiger partial charge in [-0.25, -0.2) is 0 Å². The van der Waals surface area contributed by atoms with Gasteiger partial charge >= 0.3 is 0 Å². The topological polar surface area (TPSA) is 52.0 Å². The molecule has 4 N–H and O–H groups in total. The first kappa shape index (κ1) is 18.2. The summed E-state index contributed by atoms with van der Waals surface area (Å²) in [6.45, 7) is 2.10. The molecule has 2 unspecified atom stereocenters. The number of nitrogens with two attached hydrogens (primary N) is 2. The summed E-state index contributed by atoms with van der Waals surface area (Å²) in [4.78, 5) is 0. The molecule has 2 heteroatoms. The van der Waals surface area contributed by atoms with Crippen molar-refractivity contribution in [3.05, 3.63) is 83.9 Å². The van der Waals surface area contributed by atoms with Crippen LogP contribution < -0.4 is 11.5 Å². The van der Waals surface area contributed by atoms with Crippen molar-refractivity contribution in [1.29, 1.82) is 0 Å². The highest BCUT2D eigenvalue weighted by atomic mass is 14.6. The zero-order chi connectivity index (χ0) is 17.2. The van der Waals surface area contributed by atoms with Gasteiger partial charge in [0.25, 0.3) is 0 Å². The third kappa shape index (κ3) is 5.80. The van der Waals surface area contributed by atoms with Crippen molar-refractivity contribution in [3.8, 4) is 0 Å². The third-order valence-electron chi connectivity index (χ3n) is 4.13. The van der Waals surface area contributed by atoms with Crippen molar-refractivity contribution in [2.24, 2.45) is 11.5 Å². The Kier molecular flexibility index (Phi) is 7.47. The van der Waals surface area contributed by atoms with Crippen molar-refractivity contribution in [2.75, 3.05) is 0 Å². The van der Waals surface area contributed by atoms with E-state index in [1.165, 1.54) is 11.1 Å². The summed E-state index contributed by atoms with van der Waals surface area (Å²) in [5.74, 6) is 0. The fourth-order valence-electron chi connectivity index (χ4n) is 2.63. The molecule has 0 aliphatic rings. The van der Waals surface area contributed by atoms with E-state index in [0.717, 1.165) is 24.8 Å². The second kappa shape index (κ2) is 9.86. The summed E-state index contributed by atoms with van der Waals surface area (Å²) in [5, 5.41) is 0. The van der Waals surface area contributed by atoms with Crippen LogP contribution in [-0.2, 0) is 0 Å². The third-order valence-corrected chi connectivity index (χ3v) is 4.13. The lowest BCUT2D eigenvalue weighted by atomic mass is 9.93. The minimum atomic E-state index is -0.00887. The molecule has 0 fully saturated rings. The lowest BCUT2D eigenvalue weighted by Crippen LogP contribution is -2.25. The van der Waals surface area contributed by atoms with Crippen LogP contribution in [0.25, 0.3) is 11.6 Å². The Bertz CT molecular complexity index is 644. The van der Waals surface area contributed by atoms with E-state index in [2.05, 4.69) is 49.4 Å². The maximum absolute atomic E-state index is 6.47. The lowest BCUT2D eigenvalue weighted by Gasteiger charge is -2.18. The quantitative estimate of drug-likeness (QED) is 0.745. The van der Waals surface area contributed by atoms with Gasteiger partial charge in [-0.15, -0.1) is 0 Å². The number of rotatable bonds is 8. The summed E-state index contributed by atoms with van der Waals surface area (Å²) in [6, 6.07) is 20.7. The van der Waals surface area contributed by atoms with Gasteiger partial charge in [-0.05, 0) is 36.0 Å². The van der Waals surface area contributed by atoms with E-state index >= 15 is 0 Å². The first-order valence-corrected chi connectivity index (χ1v) is 8.70. The van der Waals surface area contributed by atoms with Crippen LogP contribution >= 0.6 is 0 Å².